The minimum absolute atomic E-state index is 0.127. The standard InChI is InChI=1S/C9H13NO4S/c1-13-8-4-3-7(5-9(8)14-2)15(11,12)6-10/h3-5H,6,10H2,1-2H3. The van der Waals surface area contributed by atoms with Gasteiger partial charge >= 0.3 is 0 Å². The maximum atomic E-state index is 11.4. The second kappa shape index (κ2) is 4.50. The number of nitrogens with two attached hydrogens (primary N) is 1. The van der Waals surface area contributed by atoms with Gasteiger partial charge in [-0.05, 0) is 12.1 Å². The second-order valence-electron chi connectivity index (χ2n) is 2.80. The molecule has 0 unspecified atom stereocenters. The topological polar surface area (TPSA) is 78.6 Å². The smallest absolute Gasteiger partial charge is 0.191 e. The molecule has 0 aliphatic rings. The zero-order chi connectivity index (χ0) is 11.5. The van der Waals surface area contributed by atoms with E-state index >= 15 is 0 Å². The van der Waals surface area contributed by atoms with Crippen LogP contribution in [-0.4, -0.2) is 28.5 Å². The van der Waals surface area contributed by atoms with E-state index in [0.29, 0.717) is 11.5 Å². The summed E-state index contributed by atoms with van der Waals surface area (Å²) in [7, 11) is -0.491. The molecule has 6 heteroatoms. The zero-order valence-electron chi connectivity index (χ0n) is 8.56. The molecule has 2 N–H and O–H groups in total. The van der Waals surface area contributed by atoms with Crippen molar-refractivity contribution in [1.29, 1.82) is 0 Å². The van der Waals surface area contributed by atoms with Gasteiger partial charge in [0.05, 0.1) is 19.1 Å². The van der Waals surface area contributed by atoms with Gasteiger partial charge in [0.15, 0.2) is 21.3 Å². The fourth-order valence-corrected chi connectivity index (χ4v) is 1.86. The van der Waals surface area contributed by atoms with Crippen LogP contribution in [0.5, 0.6) is 11.5 Å². The number of methoxy groups -OCH3 is 2. The zero-order valence-corrected chi connectivity index (χ0v) is 9.37. The molecule has 0 saturated heterocycles. The molecule has 1 aromatic rings. The Morgan fingerprint density at radius 3 is 2.27 bits per heavy atom. The van der Waals surface area contributed by atoms with E-state index in [9.17, 15) is 8.42 Å². The van der Waals surface area contributed by atoms with E-state index in [4.69, 9.17) is 15.2 Å². The molecule has 0 spiro atoms. The van der Waals surface area contributed by atoms with Crippen LogP contribution in [0.2, 0.25) is 0 Å². The molecule has 1 aromatic carbocycles. The minimum atomic E-state index is -3.41. The average Bonchev–Trinajstić information content (AvgIpc) is 2.28. The molecule has 1 rings (SSSR count). The van der Waals surface area contributed by atoms with Gasteiger partial charge in [-0.25, -0.2) is 8.42 Å². The third kappa shape index (κ3) is 2.40. The molecular formula is C9H13NO4S. The lowest BCUT2D eigenvalue weighted by Gasteiger charge is -2.09. The van der Waals surface area contributed by atoms with Crippen LogP contribution in [-0.2, 0) is 9.84 Å². The molecule has 84 valence electrons. The van der Waals surface area contributed by atoms with Gasteiger partial charge in [-0.2, -0.15) is 0 Å². The Kier molecular flexibility index (Phi) is 3.54. The highest BCUT2D eigenvalue weighted by Gasteiger charge is 2.14. The Morgan fingerprint density at radius 1 is 1.20 bits per heavy atom. The van der Waals surface area contributed by atoms with E-state index in [0.717, 1.165) is 0 Å². The van der Waals surface area contributed by atoms with Gasteiger partial charge in [0.1, 0.15) is 5.88 Å². The van der Waals surface area contributed by atoms with Crippen molar-refractivity contribution in [2.45, 2.75) is 4.90 Å². The predicted molar refractivity (Wildman–Crippen MR) is 55.8 cm³/mol. The van der Waals surface area contributed by atoms with Gasteiger partial charge in [0, 0.05) is 6.07 Å². The quantitative estimate of drug-likeness (QED) is 0.811. The third-order valence-corrected chi connectivity index (χ3v) is 3.34. The van der Waals surface area contributed by atoms with Crippen molar-refractivity contribution in [3.05, 3.63) is 18.2 Å². The van der Waals surface area contributed by atoms with Gasteiger partial charge in [-0.3, -0.25) is 0 Å². The number of hydrogen-bond donors (Lipinski definition) is 1. The molecule has 0 bridgehead atoms. The largest absolute Gasteiger partial charge is 0.493 e. The van der Waals surface area contributed by atoms with Crippen molar-refractivity contribution in [3.63, 3.8) is 0 Å². The Bertz CT molecular complexity index is 441. The summed E-state index contributed by atoms with van der Waals surface area (Å²) in [6.45, 7) is 0. The molecule has 0 heterocycles. The van der Waals surface area contributed by atoms with Crippen LogP contribution < -0.4 is 15.2 Å². The molecule has 5 nitrogen and oxygen atoms in total. The first-order chi connectivity index (χ1) is 7.05. The summed E-state index contributed by atoms with van der Waals surface area (Å²) < 4.78 is 32.9. The summed E-state index contributed by atoms with van der Waals surface area (Å²) in [5.41, 5.74) is 5.14. The number of benzene rings is 1. The highest BCUT2D eigenvalue weighted by atomic mass is 32.2. The lowest BCUT2D eigenvalue weighted by molar-refractivity contribution is 0.354. The van der Waals surface area contributed by atoms with Crippen molar-refractivity contribution in [3.8, 4) is 11.5 Å². The van der Waals surface area contributed by atoms with Gasteiger partial charge in [0.25, 0.3) is 0 Å². The van der Waals surface area contributed by atoms with E-state index < -0.39 is 15.7 Å². The molecule has 0 aromatic heterocycles. The van der Waals surface area contributed by atoms with E-state index in [-0.39, 0.29) is 4.90 Å². The van der Waals surface area contributed by atoms with Crippen molar-refractivity contribution >= 4 is 9.84 Å². The average molecular weight is 231 g/mol. The molecule has 15 heavy (non-hydrogen) atoms. The highest BCUT2D eigenvalue weighted by molar-refractivity contribution is 7.91. The summed E-state index contributed by atoms with van der Waals surface area (Å²) in [6, 6.07) is 4.35. The van der Waals surface area contributed by atoms with Crippen molar-refractivity contribution in [2.24, 2.45) is 5.73 Å². The van der Waals surface area contributed by atoms with Crippen LogP contribution in [0.15, 0.2) is 23.1 Å². The van der Waals surface area contributed by atoms with Crippen LogP contribution in [0, 0.1) is 0 Å². The van der Waals surface area contributed by atoms with Gasteiger partial charge in [0.2, 0.25) is 0 Å². The molecular weight excluding hydrogens is 218 g/mol. The fraction of sp³-hybridized carbons (Fsp3) is 0.333. The SMILES string of the molecule is COc1ccc(S(=O)(=O)CN)cc1OC. The van der Waals surface area contributed by atoms with Crippen molar-refractivity contribution in [2.75, 3.05) is 20.1 Å². The molecule has 0 aliphatic carbocycles. The second-order valence-corrected chi connectivity index (χ2v) is 4.83. The van der Waals surface area contributed by atoms with E-state index in [1.807, 2.05) is 0 Å². The number of sulfone groups is 1. The number of hydrogen-bond acceptors (Lipinski definition) is 5. The van der Waals surface area contributed by atoms with Crippen LogP contribution in [0.25, 0.3) is 0 Å². The third-order valence-electron chi connectivity index (χ3n) is 1.93. The Morgan fingerprint density at radius 2 is 1.80 bits per heavy atom. The van der Waals surface area contributed by atoms with Crippen molar-refractivity contribution < 1.29 is 17.9 Å². The first-order valence-corrected chi connectivity index (χ1v) is 5.85. The summed E-state index contributed by atoms with van der Waals surface area (Å²) >= 11 is 0. The molecule has 0 radical (unpaired) electrons. The highest BCUT2D eigenvalue weighted by Crippen LogP contribution is 2.29. The van der Waals surface area contributed by atoms with Crippen LogP contribution in [0.3, 0.4) is 0 Å². The molecule has 0 atom stereocenters. The van der Waals surface area contributed by atoms with Crippen LogP contribution in [0.1, 0.15) is 0 Å². The predicted octanol–water partition coefficient (Wildman–Crippen LogP) is 0.394. The van der Waals surface area contributed by atoms with E-state index in [2.05, 4.69) is 0 Å². The van der Waals surface area contributed by atoms with E-state index in [1.165, 1.54) is 32.4 Å². The lowest BCUT2D eigenvalue weighted by Crippen LogP contribution is -2.14. The number of ether oxygens (including phenoxy) is 2. The van der Waals surface area contributed by atoms with Gasteiger partial charge in [-0.15, -0.1) is 0 Å². The Hall–Kier alpha value is -1.27. The summed E-state index contributed by atoms with van der Waals surface area (Å²) in [4.78, 5) is 0.127. The van der Waals surface area contributed by atoms with Gasteiger partial charge < -0.3 is 15.2 Å². The Balaban J connectivity index is 3.26. The molecule has 0 aliphatic heterocycles. The molecule has 0 amide bonds. The minimum Gasteiger partial charge on any atom is -0.493 e. The first-order valence-electron chi connectivity index (χ1n) is 4.20. The Labute approximate surface area is 88.7 Å². The van der Waals surface area contributed by atoms with Crippen LogP contribution in [0.4, 0.5) is 0 Å². The summed E-state index contributed by atoms with van der Waals surface area (Å²) in [5, 5.41) is 0. The summed E-state index contributed by atoms with van der Waals surface area (Å²) in [6.07, 6.45) is 0. The van der Waals surface area contributed by atoms with Crippen LogP contribution >= 0.6 is 0 Å². The lowest BCUT2D eigenvalue weighted by atomic mass is 10.3. The maximum absolute atomic E-state index is 11.4. The van der Waals surface area contributed by atoms with Gasteiger partial charge in [-0.1, -0.05) is 0 Å². The molecule has 0 saturated carbocycles. The number of rotatable bonds is 4. The summed E-state index contributed by atoms with van der Waals surface area (Å²) in [5.74, 6) is 0.420. The fourth-order valence-electron chi connectivity index (χ4n) is 1.11. The first kappa shape index (κ1) is 11.8. The maximum Gasteiger partial charge on any atom is 0.191 e. The van der Waals surface area contributed by atoms with E-state index in [1.54, 1.807) is 0 Å². The van der Waals surface area contributed by atoms with Crippen molar-refractivity contribution in [1.82, 2.24) is 0 Å². The molecule has 0 fully saturated rings. The monoisotopic (exact) mass is 231 g/mol. The normalized spacial score (nSPS) is 11.1.